The minimum absolute atomic E-state index is 0.0318. The van der Waals surface area contributed by atoms with Crippen LogP contribution in [0.3, 0.4) is 0 Å². The molecule has 0 atom stereocenters. The van der Waals surface area contributed by atoms with E-state index in [0.29, 0.717) is 11.1 Å². The van der Waals surface area contributed by atoms with Crippen molar-refractivity contribution in [2.45, 2.75) is 13.3 Å². The van der Waals surface area contributed by atoms with E-state index in [4.69, 9.17) is 5.73 Å². The van der Waals surface area contributed by atoms with Crippen molar-refractivity contribution in [3.8, 4) is 0 Å². The van der Waals surface area contributed by atoms with Crippen LogP contribution in [0.4, 0.5) is 14.5 Å². The second kappa shape index (κ2) is 3.20. The number of hydrogen-bond acceptors (Lipinski definition) is 2. The van der Waals surface area contributed by atoms with Gasteiger partial charge in [-0.25, -0.2) is 8.78 Å². The van der Waals surface area contributed by atoms with E-state index in [1.807, 2.05) is 6.92 Å². The summed E-state index contributed by atoms with van der Waals surface area (Å²) in [5.41, 5.74) is 5.97. The topological polar surface area (TPSA) is 26.0 Å². The largest absolute Gasteiger partial charge is 0.399 e. The molecule has 0 amide bonds. The van der Waals surface area contributed by atoms with Crippen LogP contribution in [0.25, 0.3) is 10.1 Å². The third kappa shape index (κ3) is 1.46. The maximum atomic E-state index is 12.6. The molecule has 0 spiro atoms. The number of anilines is 1. The van der Waals surface area contributed by atoms with Crippen molar-refractivity contribution in [1.29, 1.82) is 0 Å². The second-order valence-electron chi connectivity index (χ2n) is 3.18. The normalized spacial score (nSPS) is 11.4. The Morgan fingerprint density at radius 1 is 1.29 bits per heavy atom. The number of thiophene rings is 1. The van der Waals surface area contributed by atoms with E-state index in [-0.39, 0.29) is 5.56 Å². The molecule has 0 aliphatic carbocycles. The molecule has 0 fully saturated rings. The average Bonchev–Trinajstić information content (AvgIpc) is 2.42. The molecule has 74 valence electrons. The molecule has 0 unspecified atom stereocenters. The van der Waals surface area contributed by atoms with Gasteiger partial charge in [0.2, 0.25) is 0 Å². The van der Waals surface area contributed by atoms with Crippen LogP contribution in [-0.2, 0) is 0 Å². The lowest BCUT2D eigenvalue weighted by molar-refractivity contribution is 0.153. The van der Waals surface area contributed by atoms with Gasteiger partial charge in [0.05, 0.1) is 0 Å². The first-order valence-electron chi connectivity index (χ1n) is 4.15. The van der Waals surface area contributed by atoms with Gasteiger partial charge in [-0.3, -0.25) is 0 Å². The van der Waals surface area contributed by atoms with Gasteiger partial charge in [0.1, 0.15) is 0 Å². The predicted octanol–water partition coefficient (Wildman–Crippen LogP) is 3.73. The van der Waals surface area contributed by atoms with Crippen LogP contribution in [0.1, 0.15) is 16.9 Å². The molecule has 0 aliphatic heterocycles. The van der Waals surface area contributed by atoms with Crippen molar-refractivity contribution < 1.29 is 8.78 Å². The first-order valence-corrected chi connectivity index (χ1v) is 4.97. The summed E-state index contributed by atoms with van der Waals surface area (Å²) in [6, 6.07) is 4.86. The minimum atomic E-state index is -2.46. The fraction of sp³-hybridized carbons (Fsp3) is 0.200. The lowest BCUT2D eigenvalue weighted by atomic mass is 10.1. The zero-order chi connectivity index (χ0) is 10.3. The van der Waals surface area contributed by atoms with Crippen molar-refractivity contribution in [3.05, 3.63) is 28.6 Å². The van der Waals surface area contributed by atoms with Gasteiger partial charge >= 0.3 is 0 Å². The van der Waals surface area contributed by atoms with Gasteiger partial charge in [0, 0.05) is 26.2 Å². The third-order valence-electron chi connectivity index (χ3n) is 2.05. The lowest BCUT2D eigenvalue weighted by Gasteiger charge is -2.02. The van der Waals surface area contributed by atoms with Gasteiger partial charge in [0.15, 0.2) is 0 Å². The van der Waals surface area contributed by atoms with Gasteiger partial charge in [-0.1, -0.05) is 0 Å². The van der Waals surface area contributed by atoms with Crippen LogP contribution in [-0.4, -0.2) is 0 Å². The summed E-state index contributed by atoms with van der Waals surface area (Å²) in [6.45, 7) is 1.90. The summed E-state index contributed by atoms with van der Waals surface area (Å²) in [4.78, 5) is 1.02. The Morgan fingerprint density at radius 3 is 2.64 bits per heavy atom. The van der Waals surface area contributed by atoms with Gasteiger partial charge in [-0.15, -0.1) is 11.3 Å². The van der Waals surface area contributed by atoms with E-state index in [1.165, 1.54) is 17.4 Å². The summed E-state index contributed by atoms with van der Waals surface area (Å²) in [5, 5.41) is 0.622. The highest BCUT2D eigenvalue weighted by Crippen LogP contribution is 2.34. The number of aryl methyl sites for hydroxylation is 1. The van der Waals surface area contributed by atoms with E-state index in [2.05, 4.69) is 0 Å². The lowest BCUT2D eigenvalue weighted by Crippen LogP contribution is -1.89. The Morgan fingerprint density at radius 2 is 2.00 bits per heavy atom. The quantitative estimate of drug-likeness (QED) is 0.717. The fourth-order valence-electron chi connectivity index (χ4n) is 1.50. The maximum Gasteiger partial charge on any atom is 0.264 e. The molecule has 14 heavy (non-hydrogen) atoms. The SMILES string of the molecule is Cc1cc2c(C(F)F)cc(N)cc2s1. The van der Waals surface area contributed by atoms with Crippen LogP contribution < -0.4 is 5.73 Å². The summed E-state index contributed by atoms with van der Waals surface area (Å²) >= 11 is 1.48. The molecule has 0 bridgehead atoms. The zero-order valence-corrected chi connectivity index (χ0v) is 8.37. The van der Waals surface area contributed by atoms with Gasteiger partial charge < -0.3 is 5.73 Å². The molecule has 1 aromatic carbocycles. The number of fused-ring (bicyclic) bond motifs is 1. The first kappa shape index (κ1) is 9.40. The number of halogens is 2. The predicted molar refractivity (Wildman–Crippen MR) is 55.9 cm³/mol. The molecule has 0 saturated carbocycles. The van der Waals surface area contributed by atoms with E-state index >= 15 is 0 Å². The molecule has 1 nitrogen and oxygen atoms in total. The highest BCUT2D eigenvalue weighted by molar-refractivity contribution is 7.19. The third-order valence-corrected chi connectivity index (χ3v) is 3.05. The Hall–Kier alpha value is -1.16. The van der Waals surface area contributed by atoms with Crippen molar-refractivity contribution >= 4 is 27.1 Å². The fourth-order valence-corrected chi connectivity index (χ4v) is 2.50. The van der Waals surface area contributed by atoms with E-state index in [0.717, 1.165) is 9.58 Å². The highest BCUT2D eigenvalue weighted by Gasteiger charge is 2.13. The van der Waals surface area contributed by atoms with E-state index < -0.39 is 6.43 Å². The van der Waals surface area contributed by atoms with E-state index in [9.17, 15) is 8.78 Å². The molecule has 0 radical (unpaired) electrons. The molecule has 0 saturated heterocycles. The van der Waals surface area contributed by atoms with Crippen molar-refractivity contribution in [3.63, 3.8) is 0 Å². The zero-order valence-electron chi connectivity index (χ0n) is 7.55. The van der Waals surface area contributed by atoms with Crippen LogP contribution in [0.2, 0.25) is 0 Å². The number of hydrogen-bond donors (Lipinski definition) is 1. The molecule has 2 aromatic rings. The Bertz CT molecular complexity index is 476. The monoisotopic (exact) mass is 213 g/mol. The molecular formula is C10H9F2NS. The van der Waals surface area contributed by atoms with Crippen molar-refractivity contribution in [1.82, 2.24) is 0 Å². The first-order chi connectivity index (χ1) is 6.58. The van der Waals surface area contributed by atoms with E-state index in [1.54, 1.807) is 12.1 Å². The maximum absolute atomic E-state index is 12.6. The number of benzene rings is 1. The number of nitrogens with two attached hydrogens (primary N) is 1. The number of alkyl halides is 2. The molecule has 0 aliphatic rings. The molecule has 1 aromatic heterocycles. The van der Waals surface area contributed by atoms with Gasteiger partial charge in [-0.05, 0) is 25.1 Å². The molecule has 2 rings (SSSR count). The summed E-state index contributed by atoms with van der Waals surface area (Å²) in [7, 11) is 0. The van der Waals surface area contributed by atoms with Crippen molar-refractivity contribution in [2.24, 2.45) is 0 Å². The summed E-state index contributed by atoms with van der Waals surface area (Å²) < 4.78 is 26.1. The van der Waals surface area contributed by atoms with Crippen LogP contribution >= 0.6 is 11.3 Å². The number of rotatable bonds is 1. The van der Waals surface area contributed by atoms with Crippen molar-refractivity contribution in [2.75, 3.05) is 5.73 Å². The van der Waals surface area contributed by atoms with Crippen LogP contribution in [0.5, 0.6) is 0 Å². The smallest absolute Gasteiger partial charge is 0.264 e. The minimum Gasteiger partial charge on any atom is -0.399 e. The standard InChI is InChI=1S/C10H9F2NS/c1-5-2-7-8(10(11)12)3-6(13)4-9(7)14-5/h2-4,10H,13H2,1H3. The Kier molecular flexibility index (Phi) is 2.15. The molecule has 4 heteroatoms. The van der Waals surface area contributed by atoms with Crippen LogP contribution in [0.15, 0.2) is 18.2 Å². The van der Waals surface area contributed by atoms with Crippen LogP contribution in [0, 0.1) is 6.92 Å². The average molecular weight is 213 g/mol. The Labute approximate surface area is 84.2 Å². The van der Waals surface area contributed by atoms with Gasteiger partial charge in [0.25, 0.3) is 6.43 Å². The second-order valence-corrected chi connectivity index (χ2v) is 4.47. The molecular weight excluding hydrogens is 204 g/mol. The summed E-state index contributed by atoms with van der Waals surface area (Å²) in [5.74, 6) is 0. The van der Waals surface area contributed by atoms with Gasteiger partial charge in [-0.2, -0.15) is 0 Å². The molecule has 2 N–H and O–H groups in total. The highest BCUT2D eigenvalue weighted by atomic mass is 32.1. The molecule has 1 heterocycles. The number of nitrogen functional groups attached to an aromatic ring is 1. The Balaban J connectivity index is 2.79. The summed E-state index contributed by atoms with van der Waals surface area (Å²) in [6.07, 6.45) is -2.46.